The van der Waals surface area contributed by atoms with Crippen molar-refractivity contribution in [2.75, 3.05) is 6.54 Å². The van der Waals surface area contributed by atoms with Crippen LogP contribution in [0.1, 0.15) is 18.1 Å². The molecule has 1 atom stereocenters. The Hall–Kier alpha value is -1.85. The van der Waals surface area contributed by atoms with Gasteiger partial charge < -0.3 is 5.32 Å². The van der Waals surface area contributed by atoms with Crippen LogP contribution < -0.4 is 5.32 Å². The van der Waals surface area contributed by atoms with Gasteiger partial charge in [0, 0.05) is 11.6 Å². The fourth-order valence-electron chi connectivity index (χ4n) is 2.22. The molecule has 1 N–H and O–H groups in total. The van der Waals surface area contributed by atoms with Crippen molar-refractivity contribution in [2.45, 2.75) is 24.3 Å². The molecule has 0 radical (unpaired) electrons. The van der Waals surface area contributed by atoms with E-state index < -0.39 is 21.0 Å². The van der Waals surface area contributed by atoms with Crippen molar-refractivity contribution in [1.82, 2.24) is 5.32 Å². The number of hydrogen-bond donors (Lipinski definition) is 1. The number of carbonyl (C=O) groups is 1. The van der Waals surface area contributed by atoms with Gasteiger partial charge in [0.1, 0.15) is 5.25 Å². The van der Waals surface area contributed by atoms with Crippen molar-refractivity contribution >= 4 is 27.3 Å². The Morgan fingerprint density at radius 3 is 2.29 bits per heavy atom. The van der Waals surface area contributed by atoms with Gasteiger partial charge in [-0.15, -0.1) is 0 Å². The topological polar surface area (TPSA) is 63.2 Å². The number of halogens is 1. The van der Waals surface area contributed by atoms with Crippen LogP contribution in [-0.2, 0) is 26.8 Å². The minimum Gasteiger partial charge on any atom is -0.355 e. The van der Waals surface area contributed by atoms with Gasteiger partial charge in [-0.2, -0.15) is 0 Å². The molecule has 2 rings (SSSR count). The van der Waals surface area contributed by atoms with Crippen molar-refractivity contribution in [3.05, 3.63) is 70.7 Å². The summed E-state index contributed by atoms with van der Waals surface area (Å²) in [4.78, 5) is 12.1. The third-order valence-corrected chi connectivity index (χ3v) is 6.02. The van der Waals surface area contributed by atoms with E-state index in [1.54, 1.807) is 24.3 Å². The maximum Gasteiger partial charge on any atom is 0.238 e. The molecular formula is C18H20ClNO3S. The molecule has 0 heterocycles. The monoisotopic (exact) mass is 365 g/mol. The number of amides is 1. The molecule has 1 amide bonds. The van der Waals surface area contributed by atoms with Crippen molar-refractivity contribution in [1.29, 1.82) is 0 Å². The minimum absolute atomic E-state index is 0.183. The number of benzene rings is 2. The predicted octanol–water partition coefficient (Wildman–Crippen LogP) is 3.00. The molecule has 0 aliphatic rings. The fraction of sp³-hybridized carbons (Fsp3) is 0.278. The molecular weight excluding hydrogens is 346 g/mol. The molecule has 6 heteroatoms. The molecule has 2 aromatic carbocycles. The molecule has 0 aliphatic carbocycles. The summed E-state index contributed by atoms with van der Waals surface area (Å²) in [6.07, 6.45) is 0.663. The van der Waals surface area contributed by atoms with Crippen molar-refractivity contribution < 1.29 is 13.2 Å². The Morgan fingerprint density at radius 1 is 1.04 bits per heavy atom. The summed E-state index contributed by atoms with van der Waals surface area (Å²) in [7, 11) is -3.58. The van der Waals surface area contributed by atoms with E-state index in [1.807, 2.05) is 30.3 Å². The SMILES string of the molecule is CC(C(=O)NCCc1ccccc1)S(=O)(=O)Cc1ccc(Cl)cc1. The Labute approximate surface area is 147 Å². The lowest BCUT2D eigenvalue weighted by atomic mass is 10.1. The lowest BCUT2D eigenvalue weighted by Crippen LogP contribution is -2.39. The fourth-order valence-corrected chi connectivity index (χ4v) is 3.66. The molecule has 2 aromatic rings. The van der Waals surface area contributed by atoms with E-state index in [4.69, 9.17) is 11.6 Å². The summed E-state index contributed by atoms with van der Waals surface area (Å²) in [6.45, 7) is 1.83. The lowest BCUT2D eigenvalue weighted by Gasteiger charge is -2.13. The highest BCUT2D eigenvalue weighted by Crippen LogP contribution is 2.15. The first-order chi connectivity index (χ1) is 11.4. The van der Waals surface area contributed by atoms with Gasteiger partial charge in [0.2, 0.25) is 5.91 Å². The summed E-state index contributed by atoms with van der Waals surface area (Å²) in [5.74, 6) is -0.655. The van der Waals surface area contributed by atoms with E-state index in [-0.39, 0.29) is 5.75 Å². The van der Waals surface area contributed by atoms with Gasteiger partial charge >= 0.3 is 0 Å². The second-order valence-corrected chi connectivity index (χ2v) is 8.36. The summed E-state index contributed by atoms with van der Waals surface area (Å²) in [5.41, 5.74) is 1.71. The van der Waals surface area contributed by atoms with Crippen LogP contribution in [0.3, 0.4) is 0 Å². The normalized spacial score (nSPS) is 12.6. The van der Waals surface area contributed by atoms with Crippen LogP contribution >= 0.6 is 11.6 Å². The molecule has 0 aliphatic heterocycles. The number of carbonyl (C=O) groups excluding carboxylic acids is 1. The maximum absolute atomic E-state index is 12.4. The predicted molar refractivity (Wildman–Crippen MR) is 96.7 cm³/mol. The van der Waals surface area contributed by atoms with Gasteiger partial charge in [-0.25, -0.2) is 8.42 Å². The first kappa shape index (κ1) is 18.5. The van der Waals surface area contributed by atoms with Crippen LogP contribution in [0.25, 0.3) is 0 Å². The maximum atomic E-state index is 12.4. The second-order valence-electron chi connectivity index (χ2n) is 5.60. The third kappa shape index (κ3) is 5.35. The molecule has 1 unspecified atom stereocenters. The highest BCUT2D eigenvalue weighted by Gasteiger charge is 2.27. The van der Waals surface area contributed by atoms with E-state index in [0.717, 1.165) is 5.56 Å². The Bertz CT molecular complexity index is 774. The average Bonchev–Trinajstić information content (AvgIpc) is 2.57. The van der Waals surface area contributed by atoms with Gasteiger partial charge in [-0.05, 0) is 36.6 Å². The van der Waals surface area contributed by atoms with Crippen LogP contribution in [0.2, 0.25) is 5.02 Å². The zero-order valence-corrected chi connectivity index (χ0v) is 15.0. The van der Waals surface area contributed by atoms with Gasteiger partial charge in [0.25, 0.3) is 0 Å². The number of nitrogens with one attached hydrogen (secondary N) is 1. The van der Waals surface area contributed by atoms with E-state index in [2.05, 4.69) is 5.32 Å². The Balaban J connectivity index is 1.89. The van der Waals surface area contributed by atoms with Crippen LogP contribution in [0.5, 0.6) is 0 Å². The highest BCUT2D eigenvalue weighted by molar-refractivity contribution is 7.92. The van der Waals surface area contributed by atoms with Crippen LogP contribution in [0.15, 0.2) is 54.6 Å². The van der Waals surface area contributed by atoms with Crippen molar-refractivity contribution in [3.63, 3.8) is 0 Å². The van der Waals surface area contributed by atoms with Gasteiger partial charge in [-0.3, -0.25) is 4.79 Å². The van der Waals surface area contributed by atoms with E-state index in [0.29, 0.717) is 23.6 Å². The average molecular weight is 366 g/mol. The second kappa shape index (κ2) is 8.31. The smallest absolute Gasteiger partial charge is 0.238 e. The molecule has 0 saturated heterocycles. The largest absolute Gasteiger partial charge is 0.355 e. The first-order valence-electron chi connectivity index (χ1n) is 7.66. The van der Waals surface area contributed by atoms with Crippen molar-refractivity contribution in [2.24, 2.45) is 0 Å². The summed E-state index contributed by atoms with van der Waals surface area (Å²) in [6, 6.07) is 16.3. The lowest BCUT2D eigenvalue weighted by molar-refractivity contribution is -0.120. The highest BCUT2D eigenvalue weighted by atomic mass is 35.5. The summed E-state index contributed by atoms with van der Waals surface area (Å²) in [5, 5.41) is 2.14. The molecule has 0 spiro atoms. The molecule has 4 nitrogen and oxygen atoms in total. The minimum atomic E-state index is -3.58. The molecule has 0 fully saturated rings. The zero-order chi connectivity index (χ0) is 17.6. The summed E-state index contributed by atoms with van der Waals surface area (Å²) < 4.78 is 24.7. The molecule has 0 saturated carbocycles. The van der Waals surface area contributed by atoms with Crippen LogP contribution in [-0.4, -0.2) is 26.1 Å². The Morgan fingerprint density at radius 2 is 1.67 bits per heavy atom. The van der Waals surface area contributed by atoms with Crippen LogP contribution in [0, 0.1) is 0 Å². The number of rotatable bonds is 7. The standard InChI is InChI=1S/C18H20ClNO3S/c1-14(18(21)20-12-11-15-5-3-2-4-6-15)24(22,23)13-16-7-9-17(19)10-8-16/h2-10,14H,11-13H2,1H3,(H,20,21). The van der Waals surface area contributed by atoms with Gasteiger partial charge in [0.15, 0.2) is 9.84 Å². The molecule has 128 valence electrons. The van der Waals surface area contributed by atoms with E-state index >= 15 is 0 Å². The van der Waals surface area contributed by atoms with E-state index in [1.165, 1.54) is 6.92 Å². The Kier molecular flexibility index (Phi) is 6.40. The number of sulfone groups is 1. The van der Waals surface area contributed by atoms with E-state index in [9.17, 15) is 13.2 Å². The quantitative estimate of drug-likeness (QED) is 0.820. The number of hydrogen-bond acceptors (Lipinski definition) is 3. The third-order valence-electron chi connectivity index (χ3n) is 3.74. The molecule has 24 heavy (non-hydrogen) atoms. The zero-order valence-electron chi connectivity index (χ0n) is 13.4. The van der Waals surface area contributed by atoms with Crippen LogP contribution in [0.4, 0.5) is 0 Å². The van der Waals surface area contributed by atoms with Crippen molar-refractivity contribution in [3.8, 4) is 0 Å². The molecule has 0 aromatic heterocycles. The first-order valence-corrected chi connectivity index (χ1v) is 9.75. The van der Waals surface area contributed by atoms with Gasteiger partial charge in [0.05, 0.1) is 5.75 Å². The van der Waals surface area contributed by atoms with Gasteiger partial charge in [-0.1, -0.05) is 54.1 Å². The summed E-state index contributed by atoms with van der Waals surface area (Å²) >= 11 is 5.79. The molecule has 0 bridgehead atoms.